The molecule has 0 rings (SSSR count). The minimum absolute atomic E-state index is 0.179. The summed E-state index contributed by atoms with van der Waals surface area (Å²) in [5, 5.41) is 0. The van der Waals surface area contributed by atoms with Crippen LogP contribution in [0.5, 0.6) is 0 Å². The standard InChI is InChI=1S/C15H24O2/c1-5-8-13(12-15(7-3)17-4)10-11-14(16)9-6-2/h8,10-12H,5-7,9H2,1-4H3/b11-10+,13-8-,15-12+. The van der Waals surface area contributed by atoms with Crippen LogP contribution in [0, 0.1) is 0 Å². The first-order valence-corrected chi connectivity index (χ1v) is 6.33. The lowest BCUT2D eigenvalue weighted by Gasteiger charge is -2.03. The molecule has 0 aromatic carbocycles. The molecule has 2 heteroatoms. The monoisotopic (exact) mass is 236 g/mol. The zero-order valence-corrected chi connectivity index (χ0v) is 11.5. The van der Waals surface area contributed by atoms with Gasteiger partial charge in [0.15, 0.2) is 5.78 Å². The van der Waals surface area contributed by atoms with Gasteiger partial charge in [-0.15, -0.1) is 0 Å². The van der Waals surface area contributed by atoms with Crippen LogP contribution in [-0.4, -0.2) is 12.9 Å². The molecule has 0 radical (unpaired) electrons. The first-order chi connectivity index (χ1) is 8.17. The van der Waals surface area contributed by atoms with Crippen molar-refractivity contribution in [1.29, 1.82) is 0 Å². The van der Waals surface area contributed by atoms with Crippen molar-refractivity contribution in [2.24, 2.45) is 0 Å². The summed E-state index contributed by atoms with van der Waals surface area (Å²) in [4.78, 5) is 11.4. The molecule has 17 heavy (non-hydrogen) atoms. The molecule has 2 nitrogen and oxygen atoms in total. The van der Waals surface area contributed by atoms with Crippen molar-refractivity contribution >= 4 is 5.78 Å². The molecule has 0 aliphatic heterocycles. The van der Waals surface area contributed by atoms with E-state index in [1.54, 1.807) is 13.2 Å². The molecule has 0 fully saturated rings. The number of ether oxygens (including phenoxy) is 1. The first-order valence-electron chi connectivity index (χ1n) is 6.33. The number of carbonyl (C=O) groups excluding carboxylic acids is 1. The average molecular weight is 236 g/mol. The maximum Gasteiger partial charge on any atom is 0.155 e. The third-order valence-corrected chi connectivity index (χ3v) is 2.34. The van der Waals surface area contributed by atoms with Gasteiger partial charge in [0, 0.05) is 12.8 Å². The average Bonchev–Trinajstić information content (AvgIpc) is 2.33. The highest BCUT2D eigenvalue weighted by molar-refractivity contribution is 5.90. The fourth-order valence-corrected chi connectivity index (χ4v) is 1.42. The molecule has 0 atom stereocenters. The molecule has 0 saturated heterocycles. The van der Waals surface area contributed by atoms with Crippen LogP contribution in [0.3, 0.4) is 0 Å². The molecule has 0 aliphatic carbocycles. The third-order valence-electron chi connectivity index (χ3n) is 2.34. The van der Waals surface area contributed by atoms with Gasteiger partial charge in [-0.1, -0.05) is 32.9 Å². The normalized spacial score (nSPS) is 13.2. The predicted molar refractivity (Wildman–Crippen MR) is 72.8 cm³/mol. The Morgan fingerprint density at radius 2 is 1.88 bits per heavy atom. The molecular formula is C15H24O2. The fourth-order valence-electron chi connectivity index (χ4n) is 1.42. The van der Waals surface area contributed by atoms with E-state index in [2.05, 4.69) is 13.0 Å². The van der Waals surface area contributed by atoms with E-state index in [0.717, 1.165) is 30.6 Å². The Morgan fingerprint density at radius 3 is 2.35 bits per heavy atom. The quantitative estimate of drug-likeness (QED) is 0.359. The van der Waals surface area contributed by atoms with Crippen LogP contribution in [-0.2, 0) is 9.53 Å². The molecule has 0 spiro atoms. The zero-order chi connectivity index (χ0) is 13.1. The highest BCUT2D eigenvalue weighted by atomic mass is 16.5. The van der Waals surface area contributed by atoms with E-state index in [1.165, 1.54) is 0 Å². The van der Waals surface area contributed by atoms with Crippen LogP contribution in [0.25, 0.3) is 0 Å². The van der Waals surface area contributed by atoms with E-state index in [-0.39, 0.29) is 5.78 Å². The largest absolute Gasteiger partial charge is 0.501 e. The number of allylic oxidation sites excluding steroid dienone is 6. The second-order valence-electron chi connectivity index (χ2n) is 3.83. The van der Waals surface area contributed by atoms with Gasteiger partial charge in [-0.2, -0.15) is 0 Å². The summed E-state index contributed by atoms with van der Waals surface area (Å²) >= 11 is 0. The summed E-state index contributed by atoms with van der Waals surface area (Å²) in [5.74, 6) is 1.11. The van der Waals surface area contributed by atoms with Crippen molar-refractivity contribution in [3.05, 3.63) is 35.6 Å². The van der Waals surface area contributed by atoms with Crippen LogP contribution in [0.1, 0.15) is 46.5 Å². The molecule has 0 amide bonds. The molecule has 0 aromatic rings. The third kappa shape index (κ3) is 7.56. The van der Waals surface area contributed by atoms with Crippen LogP contribution >= 0.6 is 0 Å². The summed E-state index contributed by atoms with van der Waals surface area (Å²) < 4.78 is 5.23. The van der Waals surface area contributed by atoms with Gasteiger partial charge < -0.3 is 4.74 Å². The molecule has 0 aliphatic rings. The predicted octanol–water partition coefficient (Wildman–Crippen LogP) is 4.19. The minimum Gasteiger partial charge on any atom is -0.501 e. The van der Waals surface area contributed by atoms with Gasteiger partial charge in [0.2, 0.25) is 0 Å². The Labute approximate surface area is 105 Å². The van der Waals surface area contributed by atoms with Crippen molar-refractivity contribution in [2.75, 3.05) is 7.11 Å². The molecule has 0 unspecified atom stereocenters. The highest BCUT2D eigenvalue weighted by Gasteiger charge is 1.96. The van der Waals surface area contributed by atoms with E-state index in [9.17, 15) is 4.79 Å². The van der Waals surface area contributed by atoms with E-state index < -0.39 is 0 Å². The van der Waals surface area contributed by atoms with E-state index in [0.29, 0.717) is 6.42 Å². The van der Waals surface area contributed by atoms with Crippen molar-refractivity contribution in [2.45, 2.75) is 46.5 Å². The topological polar surface area (TPSA) is 26.3 Å². The number of rotatable bonds is 8. The Morgan fingerprint density at radius 1 is 1.18 bits per heavy atom. The number of carbonyl (C=O) groups is 1. The lowest BCUT2D eigenvalue weighted by molar-refractivity contribution is -0.114. The van der Waals surface area contributed by atoms with E-state index in [1.807, 2.05) is 26.0 Å². The molecule has 0 saturated carbocycles. The van der Waals surface area contributed by atoms with Gasteiger partial charge in [0.1, 0.15) is 0 Å². The van der Waals surface area contributed by atoms with Crippen LogP contribution in [0.2, 0.25) is 0 Å². The highest BCUT2D eigenvalue weighted by Crippen LogP contribution is 2.10. The van der Waals surface area contributed by atoms with Gasteiger partial charge in [0.05, 0.1) is 12.9 Å². The van der Waals surface area contributed by atoms with Gasteiger partial charge in [-0.25, -0.2) is 0 Å². The minimum atomic E-state index is 0.179. The van der Waals surface area contributed by atoms with Crippen molar-refractivity contribution in [3.8, 4) is 0 Å². The Balaban J connectivity index is 4.71. The summed E-state index contributed by atoms with van der Waals surface area (Å²) in [6.45, 7) is 6.13. The van der Waals surface area contributed by atoms with Crippen LogP contribution < -0.4 is 0 Å². The van der Waals surface area contributed by atoms with Crippen molar-refractivity contribution in [3.63, 3.8) is 0 Å². The van der Waals surface area contributed by atoms with Crippen LogP contribution in [0.4, 0.5) is 0 Å². The smallest absolute Gasteiger partial charge is 0.155 e. The van der Waals surface area contributed by atoms with Crippen molar-refractivity contribution < 1.29 is 9.53 Å². The molecular weight excluding hydrogens is 212 g/mol. The van der Waals surface area contributed by atoms with Gasteiger partial charge in [-0.05, 0) is 30.6 Å². The maximum absolute atomic E-state index is 11.4. The fraction of sp³-hybridized carbons (Fsp3) is 0.533. The number of hydrogen-bond donors (Lipinski definition) is 0. The summed E-state index contributed by atoms with van der Waals surface area (Å²) in [7, 11) is 1.67. The number of ketones is 1. The second-order valence-corrected chi connectivity index (χ2v) is 3.83. The SMILES string of the molecule is CC/C=C(/C=C/C(=O)CCC)\C=C(/CC)OC. The zero-order valence-electron chi connectivity index (χ0n) is 11.5. The lowest BCUT2D eigenvalue weighted by Crippen LogP contribution is -1.91. The molecule has 0 aromatic heterocycles. The van der Waals surface area contributed by atoms with Crippen LogP contribution in [0.15, 0.2) is 35.6 Å². The maximum atomic E-state index is 11.4. The Bertz CT molecular complexity index is 303. The molecule has 96 valence electrons. The Hall–Kier alpha value is -1.31. The summed E-state index contributed by atoms with van der Waals surface area (Å²) in [6, 6.07) is 0. The summed E-state index contributed by atoms with van der Waals surface area (Å²) in [6.07, 6.45) is 10.9. The lowest BCUT2D eigenvalue weighted by atomic mass is 10.1. The van der Waals surface area contributed by atoms with E-state index >= 15 is 0 Å². The van der Waals surface area contributed by atoms with Gasteiger partial charge in [-0.3, -0.25) is 4.79 Å². The molecule has 0 N–H and O–H groups in total. The summed E-state index contributed by atoms with van der Waals surface area (Å²) in [5.41, 5.74) is 1.04. The second kappa shape index (κ2) is 9.88. The number of hydrogen-bond acceptors (Lipinski definition) is 2. The molecule has 0 bridgehead atoms. The van der Waals surface area contributed by atoms with Crippen molar-refractivity contribution in [1.82, 2.24) is 0 Å². The Kier molecular flexibility index (Phi) is 9.12. The van der Waals surface area contributed by atoms with Gasteiger partial charge in [0.25, 0.3) is 0 Å². The first kappa shape index (κ1) is 15.7. The van der Waals surface area contributed by atoms with Gasteiger partial charge >= 0.3 is 0 Å². The van der Waals surface area contributed by atoms with E-state index in [4.69, 9.17) is 4.74 Å². The number of methoxy groups -OCH3 is 1. The molecule has 0 heterocycles.